The van der Waals surface area contributed by atoms with Gasteiger partial charge in [0.2, 0.25) is 0 Å². The van der Waals surface area contributed by atoms with E-state index in [1.54, 1.807) is 11.3 Å². The smallest absolute Gasteiger partial charge is 0.107 e. The largest absolute Gasteiger partial charge is 0.371 e. The third-order valence-corrected chi connectivity index (χ3v) is 3.35. The van der Waals surface area contributed by atoms with Crippen LogP contribution in [0.4, 0.5) is 0 Å². The van der Waals surface area contributed by atoms with Gasteiger partial charge < -0.3 is 10.5 Å². The molecule has 2 N–H and O–H groups in total. The first-order chi connectivity index (χ1) is 5.77. The second kappa shape index (κ2) is 3.34. The average molecular weight is 204 g/mol. The molecule has 1 fully saturated rings. The van der Waals surface area contributed by atoms with Gasteiger partial charge in [0.1, 0.15) is 6.10 Å². The van der Waals surface area contributed by atoms with Gasteiger partial charge in [0, 0.05) is 22.9 Å². The molecule has 0 saturated carbocycles. The maximum atomic E-state index is 5.86. The van der Waals surface area contributed by atoms with Crippen molar-refractivity contribution < 1.29 is 4.74 Å². The van der Waals surface area contributed by atoms with E-state index in [0.29, 0.717) is 0 Å². The molecule has 1 saturated heterocycles. The molecular weight excluding hydrogens is 194 g/mol. The lowest BCUT2D eigenvalue weighted by Gasteiger charge is -2.11. The molecule has 12 heavy (non-hydrogen) atoms. The highest BCUT2D eigenvalue weighted by Gasteiger charge is 2.27. The van der Waals surface area contributed by atoms with Crippen molar-refractivity contribution >= 4 is 22.9 Å². The Morgan fingerprint density at radius 2 is 2.50 bits per heavy atom. The fourth-order valence-corrected chi connectivity index (χ4v) is 2.58. The quantitative estimate of drug-likeness (QED) is 0.760. The summed E-state index contributed by atoms with van der Waals surface area (Å²) in [6.45, 7) is 0.765. The van der Waals surface area contributed by atoms with E-state index in [0.717, 1.165) is 22.9 Å². The van der Waals surface area contributed by atoms with Crippen LogP contribution in [0.1, 0.15) is 17.4 Å². The molecule has 1 aliphatic rings. The van der Waals surface area contributed by atoms with Crippen LogP contribution >= 0.6 is 22.9 Å². The number of rotatable bonds is 1. The molecule has 0 bridgehead atoms. The lowest BCUT2D eigenvalue weighted by atomic mass is 10.1. The molecule has 2 unspecified atom stereocenters. The molecule has 1 aromatic rings. The van der Waals surface area contributed by atoms with Crippen molar-refractivity contribution in [2.24, 2.45) is 5.73 Å². The number of hydrogen-bond donors (Lipinski definition) is 1. The number of thiophene rings is 1. The van der Waals surface area contributed by atoms with E-state index in [1.165, 1.54) is 0 Å². The zero-order valence-electron chi connectivity index (χ0n) is 6.50. The van der Waals surface area contributed by atoms with Gasteiger partial charge in [-0.25, -0.2) is 0 Å². The molecule has 66 valence electrons. The number of ether oxygens (including phenoxy) is 1. The second-order valence-corrected chi connectivity index (χ2v) is 4.29. The molecule has 0 spiro atoms. The van der Waals surface area contributed by atoms with Crippen molar-refractivity contribution in [1.29, 1.82) is 0 Å². The van der Waals surface area contributed by atoms with Crippen molar-refractivity contribution in [2.45, 2.75) is 18.6 Å². The van der Waals surface area contributed by atoms with Crippen molar-refractivity contribution in [3.8, 4) is 0 Å². The van der Waals surface area contributed by atoms with Gasteiger partial charge in [0.15, 0.2) is 0 Å². The monoisotopic (exact) mass is 203 g/mol. The molecule has 2 rings (SSSR count). The van der Waals surface area contributed by atoms with Crippen LogP contribution in [0.25, 0.3) is 0 Å². The van der Waals surface area contributed by atoms with Crippen LogP contribution in [0.2, 0.25) is 5.02 Å². The number of nitrogens with two attached hydrogens (primary N) is 1. The van der Waals surface area contributed by atoms with Crippen molar-refractivity contribution in [1.82, 2.24) is 0 Å². The second-order valence-electron chi connectivity index (χ2n) is 2.91. The van der Waals surface area contributed by atoms with Gasteiger partial charge in [-0.3, -0.25) is 0 Å². The Labute approximate surface area is 80.3 Å². The number of hydrogen-bond acceptors (Lipinski definition) is 3. The fourth-order valence-electron chi connectivity index (χ4n) is 1.38. The minimum Gasteiger partial charge on any atom is -0.371 e. The first-order valence-electron chi connectivity index (χ1n) is 3.88. The Bertz CT molecular complexity index is 276. The summed E-state index contributed by atoms with van der Waals surface area (Å²) in [5, 5.41) is 2.68. The van der Waals surface area contributed by atoms with Gasteiger partial charge in [-0.15, -0.1) is 11.3 Å². The van der Waals surface area contributed by atoms with Crippen molar-refractivity contribution in [3.63, 3.8) is 0 Å². The maximum absolute atomic E-state index is 5.86. The van der Waals surface area contributed by atoms with E-state index in [9.17, 15) is 0 Å². The Morgan fingerprint density at radius 1 is 1.67 bits per heavy atom. The molecule has 2 atom stereocenters. The Kier molecular flexibility index (Phi) is 2.37. The van der Waals surface area contributed by atoms with Gasteiger partial charge in [-0.05, 0) is 12.5 Å². The summed E-state index contributed by atoms with van der Waals surface area (Å²) in [6.07, 6.45) is 1.02. The van der Waals surface area contributed by atoms with E-state index in [-0.39, 0.29) is 12.1 Å². The lowest BCUT2D eigenvalue weighted by molar-refractivity contribution is 0.108. The molecular formula is C8H10ClNOS. The van der Waals surface area contributed by atoms with E-state index < -0.39 is 0 Å². The van der Waals surface area contributed by atoms with E-state index in [2.05, 4.69) is 0 Å². The van der Waals surface area contributed by atoms with E-state index in [1.807, 2.05) is 11.4 Å². The third-order valence-electron chi connectivity index (χ3n) is 2.01. The highest BCUT2D eigenvalue weighted by atomic mass is 35.5. The summed E-state index contributed by atoms with van der Waals surface area (Å²) in [5.41, 5.74) is 5.86. The fraction of sp³-hybridized carbons (Fsp3) is 0.500. The van der Waals surface area contributed by atoms with Crippen LogP contribution in [-0.4, -0.2) is 12.6 Å². The van der Waals surface area contributed by atoms with Crippen molar-refractivity contribution in [2.75, 3.05) is 6.61 Å². The number of halogens is 1. The standard InChI is InChI=1S/C8H10ClNOS/c9-5-3-7(12-4-5)8-6(10)1-2-11-8/h3-4,6,8H,1-2,10H2. The summed E-state index contributed by atoms with van der Waals surface area (Å²) >= 11 is 7.41. The van der Waals surface area contributed by atoms with Crippen LogP contribution < -0.4 is 5.73 Å². The first-order valence-corrected chi connectivity index (χ1v) is 5.14. The van der Waals surface area contributed by atoms with Gasteiger partial charge in [0.05, 0.1) is 5.02 Å². The summed E-state index contributed by atoms with van der Waals surface area (Å²) in [5.74, 6) is 0. The predicted molar refractivity (Wildman–Crippen MR) is 50.6 cm³/mol. The SMILES string of the molecule is NC1CCOC1c1cc(Cl)cs1. The minimum atomic E-state index is 0.0718. The van der Waals surface area contributed by atoms with Crippen LogP contribution in [0.15, 0.2) is 11.4 Å². The van der Waals surface area contributed by atoms with Crippen molar-refractivity contribution in [3.05, 3.63) is 21.3 Å². The molecule has 0 aromatic carbocycles. The third kappa shape index (κ3) is 1.50. The highest BCUT2D eigenvalue weighted by Crippen LogP contribution is 2.33. The van der Waals surface area contributed by atoms with Crippen LogP contribution in [-0.2, 0) is 4.74 Å². The van der Waals surface area contributed by atoms with Gasteiger partial charge in [-0.2, -0.15) is 0 Å². The first kappa shape index (κ1) is 8.51. The topological polar surface area (TPSA) is 35.2 Å². The molecule has 2 nitrogen and oxygen atoms in total. The molecule has 1 aromatic heterocycles. The van der Waals surface area contributed by atoms with E-state index in [4.69, 9.17) is 22.1 Å². The van der Waals surface area contributed by atoms with Crippen LogP contribution in [0.5, 0.6) is 0 Å². The molecule has 1 aliphatic heterocycles. The zero-order valence-corrected chi connectivity index (χ0v) is 8.07. The maximum Gasteiger partial charge on any atom is 0.107 e. The van der Waals surface area contributed by atoms with Gasteiger partial charge >= 0.3 is 0 Å². The van der Waals surface area contributed by atoms with E-state index >= 15 is 0 Å². The van der Waals surface area contributed by atoms with Gasteiger partial charge in [-0.1, -0.05) is 11.6 Å². The summed E-state index contributed by atoms with van der Waals surface area (Å²) in [7, 11) is 0. The Morgan fingerprint density at radius 3 is 3.00 bits per heavy atom. The highest BCUT2D eigenvalue weighted by molar-refractivity contribution is 7.10. The molecule has 0 amide bonds. The average Bonchev–Trinajstić information content (AvgIpc) is 2.58. The Hall–Kier alpha value is -0.0900. The van der Waals surface area contributed by atoms with Gasteiger partial charge in [0.25, 0.3) is 0 Å². The molecule has 0 aliphatic carbocycles. The minimum absolute atomic E-state index is 0.0718. The predicted octanol–water partition coefficient (Wildman–Crippen LogP) is 2.19. The summed E-state index contributed by atoms with van der Waals surface area (Å²) in [4.78, 5) is 1.14. The molecule has 2 heterocycles. The molecule has 4 heteroatoms. The molecule has 0 radical (unpaired) electrons. The van der Waals surface area contributed by atoms with Crippen LogP contribution in [0.3, 0.4) is 0 Å². The lowest BCUT2D eigenvalue weighted by Crippen LogP contribution is -2.22. The summed E-state index contributed by atoms with van der Waals surface area (Å²) in [6, 6.07) is 2.07. The zero-order chi connectivity index (χ0) is 8.55. The summed E-state index contributed by atoms with van der Waals surface area (Å²) < 4.78 is 5.49. The van der Waals surface area contributed by atoms with Crippen LogP contribution in [0, 0.1) is 0 Å². The Balaban J connectivity index is 2.19. The normalized spacial score (nSPS) is 29.5.